The van der Waals surface area contributed by atoms with Crippen LogP contribution in [0.5, 0.6) is 0 Å². The molecule has 0 fully saturated rings. The van der Waals surface area contributed by atoms with Gasteiger partial charge in [-0.1, -0.05) is 0 Å². The van der Waals surface area contributed by atoms with E-state index in [1.165, 1.54) is 0 Å². The Bertz CT molecular complexity index is 183. The summed E-state index contributed by atoms with van der Waals surface area (Å²) in [6.45, 7) is 0. The van der Waals surface area contributed by atoms with Gasteiger partial charge in [0.25, 0.3) is 0 Å². The number of rotatable bonds is 4. The molecule has 0 aliphatic carbocycles. The van der Waals surface area contributed by atoms with Crippen LogP contribution in [0, 0.1) is 0 Å². The fraction of sp³-hybridized carbons (Fsp3) is 0.400. The molecule has 6 N–H and O–H groups in total. The minimum atomic E-state index is -0.634. The molecular formula is C5H10N4O3. The number of ketones is 1. The van der Waals surface area contributed by atoms with E-state index in [1.807, 2.05) is 0 Å². The number of hydrogen-bond acceptors (Lipinski definition) is 5. The minimum absolute atomic E-state index is 0.413. The van der Waals surface area contributed by atoms with Crippen molar-refractivity contribution < 1.29 is 14.4 Å². The smallest absolute Gasteiger partial charge is 0.241 e. The highest BCUT2D eigenvalue weighted by Gasteiger charge is 2.11. The van der Waals surface area contributed by atoms with E-state index in [0.717, 1.165) is 0 Å². The molecule has 12 heavy (non-hydrogen) atoms. The zero-order valence-corrected chi connectivity index (χ0v) is 6.29. The van der Waals surface area contributed by atoms with E-state index in [0.29, 0.717) is 0 Å². The molecule has 2 amide bonds. The first-order valence-electron chi connectivity index (χ1n) is 3.10. The van der Waals surface area contributed by atoms with Crippen LogP contribution >= 0.6 is 0 Å². The molecule has 7 nitrogen and oxygen atoms in total. The van der Waals surface area contributed by atoms with Crippen molar-refractivity contribution in [1.82, 2.24) is 10.9 Å². The second-order valence-corrected chi connectivity index (χ2v) is 2.03. The first-order valence-corrected chi connectivity index (χ1v) is 3.10. The second-order valence-electron chi connectivity index (χ2n) is 2.03. The molecular weight excluding hydrogens is 164 g/mol. The van der Waals surface area contributed by atoms with E-state index >= 15 is 0 Å². The Kier molecular flexibility index (Phi) is 4.58. The lowest BCUT2D eigenvalue weighted by atomic mass is 10.2. The Morgan fingerprint density at radius 1 is 0.917 bits per heavy atom. The number of nitrogens with one attached hydrogen (secondary N) is 2. The van der Waals surface area contributed by atoms with Gasteiger partial charge < -0.3 is 0 Å². The van der Waals surface area contributed by atoms with Gasteiger partial charge in [0, 0.05) is 0 Å². The zero-order chi connectivity index (χ0) is 9.56. The van der Waals surface area contributed by atoms with E-state index in [4.69, 9.17) is 11.7 Å². The largest absolute Gasteiger partial charge is 0.299 e. The molecule has 0 radical (unpaired) electrons. The van der Waals surface area contributed by atoms with Crippen LogP contribution < -0.4 is 22.5 Å². The van der Waals surface area contributed by atoms with Crippen molar-refractivity contribution in [2.45, 2.75) is 12.8 Å². The number of hydrogen-bond donors (Lipinski definition) is 4. The van der Waals surface area contributed by atoms with Crippen molar-refractivity contribution in [3.8, 4) is 0 Å². The van der Waals surface area contributed by atoms with Crippen molar-refractivity contribution in [1.29, 1.82) is 0 Å². The van der Waals surface area contributed by atoms with Crippen molar-refractivity contribution >= 4 is 17.6 Å². The van der Waals surface area contributed by atoms with E-state index in [9.17, 15) is 14.4 Å². The second kappa shape index (κ2) is 5.22. The molecule has 0 aliphatic rings. The van der Waals surface area contributed by atoms with Gasteiger partial charge in [-0.05, 0) is 0 Å². The summed E-state index contributed by atoms with van der Waals surface area (Å²) in [5, 5.41) is 0. The minimum Gasteiger partial charge on any atom is -0.299 e. The lowest BCUT2D eigenvalue weighted by Gasteiger charge is -1.98. The fourth-order valence-electron chi connectivity index (χ4n) is 0.523. The van der Waals surface area contributed by atoms with Gasteiger partial charge >= 0.3 is 0 Å². The molecule has 68 valence electrons. The van der Waals surface area contributed by atoms with Crippen LogP contribution in [0.25, 0.3) is 0 Å². The van der Waals surface area contributed by atoms with Crippen LogP contribution in [0.3, 0.4) is 0 Å². The number of nitrogens with two attached hydrogens (primary N) is 2. The van der Waals surface area contributed by atoms with Crippen molar-refractivity contribution in [3.63, 3.8) is 0 Å². The highest BCUT2D eigenvalue weighted by atomic mass is 16.2. The van der Waals surface area contributed by atoms with Gasteiger partial charge in [0.05, 0.1) is 12.8 Å². The monoisotopic (exact) mass is 174 g/mol. The molecule has 7 heteroatoms. The molecule has 0 saturated heterocycles. The summed E-state index contributed by atoms with van der Waals surface area (Å²) in [5.74, 6) is 7.60. The Morgan fingerprint density at radius 3 is 1.50 bits per heavy atom. The van der Waals surface area contributed by atoms with Crippen LogP contribution in [-0.2, 0) is 14.4 Å². The average molecular weight is 174 g/mol. The molecule has 0 aromatic carbocycles. The summed E-state index contributed by atoms with van der Waals surface area (Å²) >= 11 is 0. The van der Waals surface area contributed by atoms with E-state index in [-0.39, 0.29) is 0 Å². The molecule has 0 atom stereocenters. The fourth-order valence-corrected chi connectivity index (χ4v) is 0.523. The van der Waals surface area contributed by atoms with Gasteiger partial charge in [0.2, 0.25) is 11.8 Å². The summed E-state index contributed by atoms with van der Waals surface area (Å²) in [7, 11) is 0. The van der Waals surface area contributed by atoms with Crippen molar-refractivity contribution in [2.75, 3.05) is 0 Å². The molecule has 0 aliphatic heterocycles. The normalized spacial score (nSPS) is 8.83. The molecule has 0 rings (SSSR count). The summed E-state index contributed by atoms with van der Waals surface area (Å²) in [5.41, 5.74) is 3.53. The van der Waals surface area contributed by atoms with Crippen LogP contribution in [0.4, 0.5) is 0 Å². The van der Waals surface area contributed by atoms with E-state index in [2.05, 4.69) is 0 Å². The number of Topliss-reactive ketones (excluding diaryl/α,β-unsaturated/α-hetero) is 1. The number of carbonyl (C=O) groups is 3. The van der Waals surface area contributed by atoms with Crippen LogP contribution in [0.15, 0.2) is 0 Å². The first-order chi connectivity index (χ1) is 5.60. The Hall–Kier alpha value is -1.47. The summed E-state index contributed by atoms with van der Waals surface area (Å²) in [6.07, 6.45) is -0.826. The highest BCUT2D eigenvalue weighted by Crippen LogP contribution is 1.88. The SMILES string of the molecule is NNC(=O)CC(=O)CC(=O)NN. The molecule has 0 spiro atoms. The Morgan fingerprint density at radius 2 is 1.25 bits per heavy atom. The molecule has 0 heterocycles. The van der Waals surface area contributed by atoms with Crippen LogP contribution in [0.2, 0.25) is 0 Å². The highest BCUT2D eigenvalue weighted by molar-refractivity contribution is 6.05. The van der Waals surface area contributed by atoms with Gasteiger partial charge in [-0.2, -0.15) is 0 Å². The molecule has 0 bridgehead atoms. The maximum Gasteiger partial charge on any atom is 0.241 e. The Labute approximate surface area is 68.4 Å². The third-order valence-electron chi connectivity index (χ3n) is 1.04. The maximum absolute atomic E-state index is 10.7. The van der Waals surface area contributed by atoms with Gasteiger partial charge in [-0.3, -0.25) is 25.2 Å². The first kappa shape index (κ1) is 10.5. The molecule has 0 saturated carbocycles. The number of amides is 2. The molecule has 0 aromatic heterocycles. The third kappa shape index (κ3) is 4.36. The molecule has 0 unspecified atom stereocenters. The molecule has 0 aromatic rings. The van der Waals surface area contributed by atoms with Crippen molar-refractivity contribution in [2.24, 2.45) is 11.7 Å². The summed E-state index contributed by atoms with van der Waals surface area (Å²) in [6, 6.07) is 0. The topological polar surface area (TPSA) is 127 Å². The number of hydrazine groups is 2. The van der Waals surface area contributed by atoms with Gasteiger partial charge in [-0.15, -0.1) is 0 Å². The van der Waals surface area contributed by atoms with Gasteiger partial charge in [0.15, 0.2) is 5.78 Å². The number of carbonyl (C=O) groups excluding carboxylic acids is 3. The maximum atomic E-state index is 10.7. The van der Waals surface area contributed by atoms with E-state index in [1.54, 1.807) is 10.9 Å². The third-order valence-corrected chi connectivity index (χ3v) is 1.04. The Balaban J connectivity index is 3.74. The zero-order valence-electron chi connectivity index (χ0n) is 6.29. The average Bonchev–Trinajstić information content (AvgIpc) is 2.03. The van der Waals surface area contributed by atoms with Crippen molar-refractivity contribution in [3.05, 3.63) is 0 Å². The lowest BCUT2D eigenvalue weighted by Crippen LogP contribution is -2.35. The summed E-state index contributed by atoms with van der Waals surface area (Å²) < 4.78 is 0. The van der Waals surface area contributed by atoms with Crippen LogP contribution in [0.1, 0.15) is 12.8 Å². The van der Waals surface area contributed by atoms with Gasteiger partial charge in [-0.25, -0.2) is 11.7 Å². The van der Waals surface area contributed by atoms with Crippen LogP contribution in [-0.4, -0.2) is 17.6 Å². The standard InChI is InChI=1S/C5H10N4O3/c6-8-4(11)1-3(10)2-5(12)9-7/h1-2,6-7H2,(H,8,11)(H,9,12). The lowest BCUT2D eigenvalue weighted by molar-refractivity contribution is -0.131. The predicted octanol–water partition coefficient (Wildman–Crippen LogP) is -2.68. The summed E-state index contributed by atoms with van der Waals surface area (Å²) in [4.78, 5) is 31.7. The quantitative estimate of drug-likeness (QED) is 0.160. The van der Waals surface area contributed by atoms with Gasteiger partial charge in [0.1, 0.15) is 0 Å². The predicted molar refractivity (Wildman–Crippen MR) is 38.9 cm³/mol. The van der Waals surface area contributed by atoms with E-state index < -0.39 is 30.4 Å².